The van der Waals surface area contributed by atoms with Gasteiger partial charge in [0.1, 0.15) is 0 Å². The van der Waals surface area contributed by atoms with Crippen LogP contribution >= 0.6 is 11.8 Å². The molecule has 0 bridgehead atoms. The second-order valence-corrected chi connectivity index (χ2v) is 4.48. The summed E-state index contributed by atoms with van der Waals surface area (Å²) in [4.78, 5) is 17.2. The van der Waals surface area contributed by atoms with E-state index in [1.807, 2.05) is 13.8 Å². The Morgan fingerprint density at radius 1 is 1.29 bits per heavy atom. The van der Waals surface area contributed by atoms with E-state index in [0.29, 0.717) is 0 Å². The Bertz CT molecular complexity index is 282. The van der Waals surface area contributed by atoms with Gasteiger partial charge in [-0.15, -0.1) is 0 Å². The molecule has 7 heteroatoms. The molecule has 0 aliphatic heterocycles. The Labute approximate surface area is 106 Å². The molecule has 1 amide bonds. The topological polar surface area (TPSA) is 109 Å². The Kier molecular flexibility index (Phi) is 8.21. The Morgan fingerprint density at radius 2 is 1.82 bits per heavy atom. The summed E-state index contributed by atoms with van der Waals surface area (Å²) in [6, 6.07) is 0. The molecule has 17 heavy (non-hydrogen) atoms. The van der Waals surface area contributed by atoms with Crippen LogP contribution in [0.3, 0.4) is 0 Å². The number of carbonyl (C=O) groups excluding carboxylic acids is 1. The van der Waals surface area contributed by atoms with E-state index in [4.69, 9.17) is 16.9 Å². The fourth-order valence-electron chi connectivity index (χ4n) is 1.27. The first kappa shape index (κ1) is 15.8. The number of aliphatic imine (C=N–C) groups is 1. The van der Waals surface area contributed by atoms with Gasteiger partial charge in [-0.3, -0.25) is 10.2 Å². The lowest BCUT2D eigenvalue weighted by molar-refractivity contribution is -0.128. The lowest BCUT2D eigenvalue weighted by atomic mass is 10.3. The molecule has 5 N–H and O–H groups in total. The first-order valence-electron chi connectivity index (χ1n) is 5.60. The van der Waals surface area contributed by atoms with Crippen LogP contribution in [0.2, 0.25) is 0 Å². The van der Waals surface area contributed by atoms with Gasteiger partial charge in [0.25, 0.3) is 0 Å². The first-order chi connectivity index (χ1) is 8.01. The van der Waals surface area contributed by atoms with E-state index in [2.05, 4.69) is 4.99 Å². The number of nitrogens with zero attached hydrogens (tertiary/aromatic N) is 2. The lowest BCUT2D eigenvalue weighted by Crippen LogP contribution is -2.34. The number of nitrogens with one attached hydrogen (secondary N) is 1. The van der Waals surface area contributed by atoms with Crippen molar-refractivity contribution in [1.29, 1.82) is 5.41 Å². The van der Waals surface area contributed by atoms with Crippen LogP contribution in [0.4, 0.5) is 0 Å². The number of amides is 1. The van der Waals surface area contributed by atoms with Crippen LogP contribution < -0.4 is 11.5 Å². The highest BCUT2D eigenvalue weighted by molar-refractivity contribution is 8.14. The molecule has 0 saturated carbocycles. The zero-order chi connectivity index (χ0) is 13.3. The van der Waals surface area contributed by atoms with Gasteiger partial charge >= 0.3 is 0 Å². The zero-order valence-corrected chi connectivity index (χ0v) is 11.2. The number of nitrogens with two attached hydrogens (primary N) is 2. The van der Waals surface area contributed by atoms with E-state index in [9.17, 15) is 4.79 Å². The van der Waals surface area contributed by atoms with Gasteiger partial charge in [-0.2, -0.15) is 4.99 Å². The molecule has 0 fully saturated rings. The minimum Gasteiger partial charge on any atom is -0.370 e. The van der Waals surface area contributed by atoms with Crippen molar-refractivity contribution in [3.8, 4) is 0 Å². The van der Waals surface area contributed by atoms with Gasteiger partial charge < -0.3 is 16.4 Å². The van der Waals surface area contributed by atoms with Gasteiger partial charge in [0, 0.05) is 13.1 Å². The lowest BCUT2D eigenvalue weighted by Gasteiger charge is -2.20. The average Bonchev–Trinajstić information content (AvgIpc) is 2.24. The number of amidine groups is 1. The third-order valence-corrected chi connectivity index (χ3v) is 2.66. The molecule has 0 aromatic rings. The molecule has 0 radical (unpaired) electrons. The summed E-state index contributed by atoms with van der Waals surface area (Å²) in [6.45, 7) is 5.57. The van der Waals surface area contributed by atoms with Crippen molar-refractivity contribution >= 4 is 28.8 Å². The number of thioether (sulfide) groups is 1. The maximum Gasteiger partial charge on any atom is 0.233 e. The monoisotopic (exact) mass is 259 g/mol. The van der Waals surface area contributed by atoms with Gasteiger partial charge in [-0.05, 0) is 12.8 Å². The van der Waals surface area contributed by atoms with Gasteiger partial charge in [-0.25, -0.2) is 0 Å². The average molecular weight is 259 g/mol. The maximum atomic E-state index is 11.8. The number of hydrogen-bond donors (Lipinski definition) is 3. The van der Waals surface area contributed by atoms with Gasteiger partial charge in [0.05, 0.1) is 5.75 Å². The van der Waals surface area contributed by atoms with Crippen molar-refractivity contribution in [1.82, 2.24) is 4.90 Å². The van der Waals surface area contributed by atoms with Crippen molar-refractivity contribution in [3.05, 3.63) is 0 Å². The number of hydrogen-bond acceptors (Lipinski definition) is 3. The molecule has 0 spiro atoms. The molecule has 0 aromatic heterocycles. The predicted molar refractivity (Wildman–Crippen MR) is 73.2 cm³/mol. The molecule has 0 aliphatic rings. The van der Waals surface area contributed by atoms with E-state index in [1.165, 1.54) is 0 Å². The maximum absolute atomic E-state index is 11.8. The highest BCUT2D eigenvalue weighted by Gasteiger charge is 2.12. The molecule has 0 saturated heterocycles. The zero-order valence-electron chi connectivity index (χ0n) is 10.4. The molecule has 0 aliphatic carbocycles. The fourth-order valence-corrected chi connectivity index (χ4v) is 1.88. The fraction of sp³-hybridized carbons (Fsp3) is 0.700. The summed E-state index contributed by atoms with van der Waals surface area (Å²) in [5, 5.41) is 7.37. The summed E-state index contributed by atoms with van der Waals surface area (Å²) < 4.78 is 0. The Hall–Kier alpha value is -1.24. The molecule has 0 rings (SSSR count). The van der Waals surface area contributed by atoms with Crippen LogP contribution in [-0.4, -0.2) is 40.8 Å². The summed E-state index contributed by atoms with van der Waals surface area (Å²) in [6.07, 6.45) is 1.86. The summed E-state index contributed by atoms with van der Waals surface area (Å²) in [7, 11) is 0. The number of carbonyl (C=O) groups is 1. The molecular weight excluding hydrogens is 238 g/mol. The molecule has 0 atom stereocenters. The summed E-state index contributed by atoms with van der Waals surface area (Å²) >= 11 is 1.04. The van der Waals surface area contributed by atoms with Crippen LogP contribution in [0.5, 0.6) is 0 Å². The Morgan fingerprint density at radius 3 is 2.24 bits per heavy atom. The molecule has 0 aromatic carbocycles. The molecule has 98 valence electrons. The minimum atomic E-state index is -0.158. The first-order valence-corrected chi connectivity index (χ1v) is 6.58. The quantitative estimate of drug-likeness (QED) is 0.478. The third-order valence-electron chi connectivity index (χ3n) is 1.90. The van der Waals surface area contributed by atoms with E-state index >= 15 is 0 Å². The minimum absolute atomic E-state index is 0.0224. The Balaban J connectivity index is 4.13. The number of rotatable bonds is 6. The second kappa shape index (κ2) is 8.86. The third kappa shape index (κ3) is 7.62. The normalized spacial score (nSPS) is 9.76. The van der Waals surface area contributed by atoms with Crippen LogP contribution in [0.15, 0.2) is 4.99 Å². The van der Waals surface area contributed by atoms with Gasteiger partial charge in [0.2, 0.25) is 5.91 Å². The molecular formula is C10H21N5OS. The SMILES string of the molecule is CCCN(CCC)C(=O)CSC(=N)N=C(N)N. The van der Waals surface area contributed by atoms with Crippen molar-refractivity contribution in [2.75, 3.05) is 18.8 Å². The van der Waals surface area contributed by atoms with E-state index in [0.717, 1.165) is 37.7 Å². The predicted octanol–water partition coefficient (Wildman–Crippen LogP) is 0.576. The summed E-state index contributed by atoms with van der Waals surface area (Å²) in [5.74, 6) is 0.0680. The van der Waals surface area contributed by atoms with Crippen molar-refractivity contribution in [3.63, 3.8) is 0 Å². The molecule has 0 heterocycles. The van der Waals surface area contributed by atoms with Crippen LogP contribution in [0.1, 0.15) is 26.7 Å². The van der Waals surface area contributed by atoms with E-state index in [1.54, 1.807) is 4.90 Å². The van der Waals surface area contributed by atoms with E-state index < -0.39 is 0 Å². The van der Waals surface area contributed by atoms with Crippen LogP contribution in [0.25, 0.3) is 0 Å². The highest BCUT2D eigenvalue weighted by atomic mass is 32.2. The number of guanidine groups is 1. The van der Waals surface area contributed by atoms with Crippen LogP contribution in [0, 0.1) is 5.41 Å². The van der Waals surface area contributed by atoms with Crippen molar-refractivity contribution in [2.24, 2.45) is 16.5 Å². The van der Waals surface area contributed by atoms with Crippen molar-refractivity contribution in [2.45, 2.75) is 26.7 Å². The largest absolute Gasteiger partial charge is 0.370 e. The smallest absolute Gasteiger partial charge is 0.233 e. The standard InChI is InChI=1S/C10H21N5OS/c1-3-5-15(6-4-2)8(16)7-17-10(13)14-9(11)12/h3-7H2,1-2H3,(H5,11,12,13,14). The highest BCUT2D eigenvalue weighted by Crippen LogP contribution is 2.06. The van der Waals surface area contributed by atoms with E-state index in [-0.39, 0.29) is 22.8 Å². The van der Waals surface area contributed by atoms with Gasteiger partial charge in [-0.1, -0.05) is 25.6 Å². The summed E-state index contributed by atoms with van der Waals surface area (Å²) in [5.41, 5.74) is 10.3. The van der Waals surface area contributed by atoms with Gasteiger partial charge in [0.15, 0.2) is 11.1 Å². The second-order valence-electron chi connectivity index (χ2n) is 3.51. The molecule has 6 nitrogen and oxygen atoms in total. The van der Waals surface area contributed by atoms with Crippen molar-refractivity contribution < 1.29 is 4.79 Å². The van der Waals surface area contributed by atoms with Crippen LogP contribution in [-0.2, 0) is 4.79 Å². The molecule has 0 unspecified atom stereocenters.